The summed E-state index contributed by atoms with van der Waals surface area (Å²) in [6, 6.07) is 11.0. The highest BCUT2D eigenvalue weighted by Gasteiger charge is 2.46. The third kappa shape index (κ3) is 5.67. The van der Waals surface area contributed by atoms with Crippen LogP contribution >= 0.6 is 0 Å². The quantitative estimate of drug-likeness (QED) is 0.516. The minimum Gasteiger partial charge on any atom is -0.324 e. The van der Waals surface area contributed by atoms with Gasteiger partial charge in [-0.05, 0) is 75.3 Å². The maximum absolute atomic E-state index is 14.3. The summed E-state index contributed by atoms with van der Waals surface area (Å²) in [5.41, 5.74) is 0.802. The van der Waals surface area contributed by atoms with Gasteiger partial charge in [0.25, 0.3) is 0 Å². The van der Waals surface area contributed by atoms with Crippen LogP contribution in [0.4, 0.5) is 19.7 Å². The van der Waals surface area contributed by atoms with Crippen LogP contribution in [-0.4, -0.2) is 74.7 Å². The molecule has 2 aliphatic rings. The van der Waals surface area contributed by atoms with Crippen molar-refractivity contribution >= 4 is 27.6 Å². The number of carbonyl (C=O) groups excluding carboxylic acids is 2. The Morgan fingerprint density at radius 1 is 1.12 bits per heavy atom. The van der Waals surface area contributed by atoms with E-state index < -0.39 is 34.6 Å². The predicted octanol–water partition coefficient (Wildman–Crippen LogP) is 4.36. The minimum absolute atomic E-state index is 0.0260. The van der Waals surface area contributed by atoms with Gasteiger partial charge in [-0.2, -0.15) is 10.5 Å². The second-order valence-electron chi connectivity index (χ2n) is 10.4. The lowest BCUT2D eigenvalue weighted by Crippen LogP contribution is -2.57. The van der Waals surface area contributed by atoms with Gasteiger partial charge in [0, 0.05) is 25.0 Å². The van der Waals surface area contributed by atoms with E-state index >= 15 is 0 Å². The predicted molar refractivity (Wildman–Crippen MR) is 150 cm³/mol. The van der Waals surface area contributed by atoms with E-state index in [0.29, 0.717) is 18.4 Å². The molecule has 2 heterocycles. The number of benzene rings is 2. The molecule has 41 heavy (non-hydrogen) atoms. The van der Waals surface area contributed by atoms with E-state index in [1.807, 2.05) is 13.1 Å². The first-order valence-electron chi connectivity index (χ1n) is 13.0. The van der Waals surface area contributed by atoms with Crippen LogP contribution in [0.25, 0.3) is 0 Å². The molecule has 2 aromatic carbocycles. The molecule has 1 atom stereocenters. The van der Waals surface area contributed by atoms with E-state index in [0.717, 1.165) is 24.2 Å². The third-order valence-electron chi connectivity index (χ3n) is 7.68. The van der Waals surface area contributed by atoms with Crippen LogP contribution in [0.15, 0.2) is 58.6 Å². The van der Waals surface area contributed by atoms with Gasteiger partial charge in [-0.1, -0.05) is 18.2 Å². The molecule has 2 aromatic rings. The first kappa shape index (κ1) is 29.7. The Bertz CT molecular complexity index is 1600. The fourth-order valence-corrected chi connectivity index (χ4v) is 6.33. The van der Waals surface area contributed by atoms with Crippen molar-refractivity contribution in [3.8, 4) is 12.1 Å². The van der Waals surface area contributed by atoms with Gasteiger partial charge in [0.2, 0.25) is 0 Å². The summed E-state index contributed by atoms with van der Waals surface area (Å²) in [4.78, 5) is 34.0. The molecule has 0 spiro atoms. The number of likely N-dealkylation sites (tertiary alicyclic amines) is 1. The highest BCUT2D eigenvalue weighted by atomic mass is 32.2. The molecule has 1 saturated heterocycles. The summed E-state index contributed by atoms with van der Waals surface area (Å²) in [6.07, 6.45) is 2.30. The number of amides is 4. The van der Waals surface area contributed by atoms with E-state index in [4.69, 9.17) is 0 Å². The second-order valence-corrected chi connectivity index (χ2v) is 12.4. The number of hydrogen-bond donors (Lipinski definition) is 0. The fraction of sp³-hybridized carbons (Fsp3) is 0.379. The summed E-state index contributed by atoms with van der Waals surface area (Å²) < 4.78 is 39.4. The Hall–Kier alpha value is -4.26. The van der Waals surface area contributed by atoms with E-state index in [2.05, 4.69) is 11.0 Å². The fourth-order valence-electron chi connectivity index (χ4n) is 5.38. The monoisotopic (exact) mass is 578 g/mol. The number of nitrogens with zero attached hydrogens (tertiary/aromatic N) is 6. The molecule has 0 bridgehead atoms. The molecule has 1 fully saturated rings. The standard InChI is InChI=1S/C29H31FN6O4S/c1-19-25(18-32)27(24-9-8-21(17-31)15-26(24)41(4,39)40)36(28(37)34(3)22-10-12-33(2)13-11-22)29(38)35(19)23-7-5-6-20(14-23)16-30/h5-9,14-15,22,27H,10-13,16H2,1-4H3/t27-/m1/s1. The molecule has 0 aromatic heterocycles. The van der Waals surface area contributed by atoms with Gasteiger partial charge in [0.15, 0.2) is 9.84 Å². The smallest absolute Gasteiger partial charge is 0.324 e. The van der Waals surface area contributed by atoms with Gasteiger partial charge in [0.05, 0.1) is 33.9 Å². The summed E-state index contributed by atoms with van der Waals surface area (Å²) >= 11 is 0. The molecule has 4 amide bonds. The van der Waals surface area contributed by atoms with E-state index in [9.17, 15) is 32.9 Å². The number of allylic oxidation sites excluding steroid dienone is 1. The minimum atomic E-state index is -3.96. The van der Waals surface area contributed by atoms with Gasteiger partial charge < -0.3 is 9.80 Å². The second kappa shape index (κ2) is 11.7. The van der Waals surface area contributed by atoms with Crippen LogP contribution in [0.5, 0.6) is 0 Å². The van der Waals surface area contributed by atoms with Crippen molar-refractivity contribution in [1.82, 2.24) is 14.7 Å². The van der Waals surface area contributed by atoms with Crippen molar-refractivity contribution in [3.63, 3.8) is 0 Å². The summed E-state index contributed by atoms with van der Waals surface area (Å²) in [6.45, 7) is 2.24. The summed E-state index contributed by atoms with van der Waals surface area (Å²) in [7, 11) is -0.390. The lowest BCUT2D eigenvalue weighted by atomic mass is 9.93. The van der Waals surface area contributed by atoms with Crippen LogP contribution < -0.4 is 4.90 Å². The molecule has 10 nitrogen and oxygen atoms in total. The van der Waals surface area contributed by atoms with Crippen LogP contribution in [-0.2, 0) is 16.5 Å². The van der Waals surface area contributed by atoms with Crippen LogP contribution in [0.2, 0.25) is 0 Å². The number of carbonyl (C=O) groups is 2. The number of sulfone groups is 1. The van der Waals surface area contributed by atoms with E-state index in [1.54, 1.807) is 25.2 Å². The molecule has 0 unspecified atom stereocenters. The SMILES string of the molecule is CC1=C(C#N)[C@@H](c2ccc(C#N)cc2S(C)(=O)=O)N(C(=O)N(C)C2CCN(C)CC2)C(=O)N1c1cccc(CF)c1. The number of rotatable bonds is 5. The zero-order valence-corrected chi connectivity index (χ0v) is 24.2. The number of nitriles is 2. The molecule has 0 radical (unpaired) electrons. The van der Waals surface area contributed by atoms with Crippen molar-refractivity contribution in [3.05, 3.63) is 70.4 Å². The first-order valence-corrected chi connectivity index (χ1v) is 14.9. The molecule has 2 aliphatic heterocycles. The Morgan fingerprint density at radius 2 is 1.80 bits per heavy atom. The van der Waals surface area contributed by atoms with Gasteiger partial charge in [-0.15, -0.1) is 0 Å². The summed E-state index contributed by atoms with van der Waals surface area (Å²) in [5.74, 6) is 0. The number of urea groups is 2. The molecule has 4 rings (SSSR count). The van der Waals surface area contributed by atoms with Crippen LogP contribution in [0, 0.1) is 22.7 Å². The Kier molecular flexibility index (Phi) is 8.47. The Balaban J connectivity index is 1.96. The lowest BCUT2D eigenvalue weighted by Gasteiger charge is -2.44. The molecular weight excluding hydrogens is 547 g/mol. The number of imide groups is 1. The molecule has 12 heteroatoms. The van der Waals surface area contributed by atoms with Gasteiger partial charge in [-0.3, -0.25) is 4.90 Å². The Morgan fingerprint density at radius 3 is 2.39 bits per heavy atom. The number of piperidine rings is 1. The van der Waals surface area contributed by atoms with Gasteiger partial charge in [-0.25, -0.2) is 27.3 Å². The van der Waals surface area contributed by atoms with Crippen molar-refractivity contribution in [2.24, 2.45) is 0 Å². The maximum atomic E-state index is 14.3. The number of anilines is 1. The number of hydrogen-bond acceptors (Lipinski definition) is 7. The maximum Gasteiger partial charge on any atom is 0.337 e. The molecule has 214 valence electrons. The third-order valence-corrected chi connectivity index (χ3v) is 8.83. The largest absolute Gasteiger partial charge is 0.337 e. The zero-order chi connectivity index (χ0) is 30.1. The molecule has 0 saturated carbocycles. The number of halogens is 1. The summed E-state index contributed by atoms with van der Waals surface area (Å²) in [5, 5.41) is 19.8. The highest BCUT2D eigenvalue weighted by Crippen LogP contribution is 2.42. The van der Waals surface area contributed by atoms with Gasteiger partial charge >= 0.3 is 12.1 Å². The van der Waals surface area contributed by atoms with Crippen LogP contribution in [0.3, 0.4) is 0 Å². The van der Waals surface area contributed by atoms with Crippen molar-refractivity contribution < 1.29 is 22.4 Å². The molecule has 0 N–H and O–H groups in total. The van der Waals surface area contributed by atoms with E-state index in [-0.39, 0.29) is 39.0 Å². The highest BCUT2D eigenvalue weighted by molar-refractivity contribution is 7.90. The van der Waals surface area contributed by atoms with Crippen molar-refractivity contribution in [1.29, 1.82) is 10.5 Å². The lowest BCUT2D eigenvalue weighted by molar-refractivity contribution is 0.117. The molecular formula is C29H31FN6O4S. The normalized spacial score (nSPS) is 18.7. The zero-order valence-electron chi connectivity index (χ0n) is 23.3. The topological polar surface area (TPSA) is 129 Å². The number of alkyl halides is 1. The molecule has 0 aliphatic carbocycles. The average molecular weight is 579 g/mol. The first-order chi connectivity index (χ1) is 19.4. The van der Waals surface area contributed by atoms with Crippen LogP contribution in [0.1, 0.15) is 42.5 Å². The van der Waals surface area contributed by atoms with E-state index in [1.165, 1.54) is 41.0 Å². The van der Waals surface area contributed by atoms with Crippen molar-refractivity contribution in [2.75, 3.05) is 38.3 Å². The Labute approximate surface area is 239 Å². The average Bonchev–Trinajstić information content (AvgIpc) is 2.96. The van der Waals surface area contributed by atoms with Crippen molar-refractivity contribution in [2.45, 2.75) is 43.4 Å². The van der Waals surface area contributed by atoms with Gasteiger partial charge in [0.1, 0.15) is 12.7 Å².